The lowest BCUT2D eigenvalue weighted by atomic mass is 9.98. The molecule has 1 saturated heterocycles. The van der Waals surface area contributed by atoms with Crippen molar-refractivity contribution in [3.05, 3.63) is 23.2 Å². The standard InChI is InChI=1S/C13H17ClN2O3S/c14-11-8-10(15)1-2-12(11)16-13(17)7-9-3-5-20(18,19)6-4-9/h1-2,8-9H,3-7,15H2,(H,16,17). The maximum absolute atomic E-state index is 11.9. The zero-order chi connectivity index (χ0) is 14.8. The van der Waals surface area contributed by atoms with Gasteiger partial charge in [0, 0.05) is 12.1 Å². The number of nitrogens with two attached hydrogens (primary N) is 1. The Morgan fingerprint density at radius 3 is 2.60 bits per heavy atom. The first-order valence-corrected chi connectivity index (χ1v) is 8.61. The SMILES string of the molecule is Nc1ccc(NC(=O)CC2CCS(=O)(=O)CC2)c(Cl)c1. The van der Waals surface area contributed by atoms with E-state index in [0.717, 1.165) is 0 Å². The summed E-state index contributed by atoms with van der Waals surface area (Å²) < 4.78 is 22.6. The minimum atomic E-state index is -2.89. The Hall–Kier alpha value is -1.27. The molecule has 1 aliphatic heterocycles. The first-order valence-electron chi connectivity index (χ1n) is 6.41. The Kier molecular flexibility index (Phi) is 4.55. The molecule has 0 bridgehead atoms. The smallest absolute Gasteiger partial charge is 0.224 e. The number of benzene rings is 1. The predicted molar refractivity (Wildman–Crippen MR) is 80.5 cm³/mol. The van der Waals surface area contributed by atoms with Crippen molar-refractivity contribution in [3.63, 3.8) is 0 Å². The number of carbonyl (C=O) groups is 1. The summed E-state index contributed by atoms with van der Waals surface area (Å²) >= 11 is 5.98. The van der Waals surface area contributed by atoms with Gasteiger partial charge in [0.05, 0.1) is 22.2 Å². The van der Waals surface area contributed by atoms with E-state index in [1.807, 2.05) is 0 Å². The maximum Gasteiger partial charge on any atom is 0.224 e. The molecule has 0 unspecified atom stereocenters. The molecule has 0 atom stereocenters. The third kappa shape index (κ3) is 4.11. The van der Waals surface area contributed by atoms with E-state index in [1.54, 1.807) is 18.2 Å². The van der Waals surface area contributed by atoms with Gasteiger partial charge in [-0.15, -0.1) is 0 Å². The zero-order valence-electron chi connectivity index (χ0n) is 10.9. The summed E-state index contributed by atoms with van der Waals surface area (Å²) in [6, 6.07) is 4.89. The summed E-state index contributed by atoms with van der Waals surface area (Å²) in [6.07, 6.45) is 1.41. The van der Waals surface area contributed by atoms with Gasteiger partial charge in [0.15, 0.2) is 0 Å². The summed E-state index contributed by atoms with van der Waals surface area (Å²) in [7, 11) is -2.89. The van der Waals surface area contributed by atoms with Crippen molar-refractivity contribution >= 4 is 38.7 Å². The van der Waals surface area contributed by atoms with Gasteiger partial charge < -0.3 is 11.1 Å². The number of sulfone groups is 1. The average molecular weight is 317 g/mol. The summed E-state index contributed by atoms with van der Waals surface area (Å²) in [5.74, 6) is 0.313. The van der Waals surface area contributed by atoms with Gasteiger partial charge in [-0.2, -0.15) is 0 Å². The van der Waals surface area contributed by atoms with Crippen LogP contribution in [0.1, 0.15) is 19.3 Å². The summed E-state index contributed by atoms with van der Waals surface area (Å²) in [4.78, 5) is 11.9. The van der Waals surface area contributed by atoms with E-state index in [1.165, 1.54) is 0 Å². The Labute approximate surface area is 123 Å². The lowest BCUT2D eigenvalue weighted by molar-refractivity contribution is -0.117. The number of anilines is 2. The molecular weight excluding hydrogens is 300 g/mol. The second-order valence-electron chi connectivity index (χ2n) is 5.09. The van der Waals surface area contributed by atoms with Crippen molar-refractivity contribution in [1.29, 1.82) is 0 Å². The van der Waals surface area contributed by atoms with Gasteiger partial charge in [0.2, 0.25) is 5.91 Å². The van der Waals surface area contributed by atoms with Crippen LogP contribution in [-0.2, 0) is 14.6 Å². The van der Waals surface area contributed by atoms with Crippen LogP contribution in [0.15, 0.2) is 18.2 Å². The van der Waals surface area contributed by atoms with E-state index in [9.17, 15) is 13.2 Å². The highest BCUT2D eigenvalue weighted by molar-refractivity contribution is 7.91. The molecule has 1 aromatic rings. The Morgan fingerprint density at radius 2 is 2.00 bits per heavy atom. The van der Waals surface area contributed by atoms with E-state index < -0.39 is 9.84 Å². The minimum absolute atomic E-state index is 0.117. The summed E-state index contributed by atoms with van der Waals surface area (Å²) in [6.45, 7) is 0. The van der Waals surface area contributed by atoms with Crippen LogP contribution < -0.4 is 11.1 Å². The Bertz CT molecular complexity index is 602. The second-order valence-corrected chi connectivity index (χ2v) is 7.80. The number of nitrogen functional groups attached to an aromatic ring is 1. The third-order valence-corrected chi connectivity index (χ3v) is 5.44. The molecule has 1 aliphatic rings. The first kappa shape index (κ1) is 15.1. The fourth-order valence-corrected chi connectivity index (χ4v) is 4.06. The van der Waals surface area contributed by atoms with Gasteiger partial charge in [0.25, 0.3) is 0 Å². The molecule has 1 amide bonds. The van der Waals surface area contributed by atoms with Crippen molar-refractivity contribution in [2.45, 2.75) is 19.3 Å². The quantitative estimate of drug-likeness (QED) is 0.835. The van der Waals surface area contributed by atoms with Crippen molar-refractivity contribution in [2.24, 2.45) is 5.92 Å². The van der Waals surface area contributed by atoms with Crippen LogP contribution in [0.3, 0.4) is 0 Å². The number of nitrogens with one attached hydrogen (secondary N) is 1. The highest BCUT2D eigenvalue weighted by Crippen LogP contribution is 2.26. The number of hydrogen-bond acceptors (Lipinski definition) is 4. The van der Waals surface area contributed by atoms with E-state index >= 15 is 0 Å². The zero-order valence-corrected chi connectivity index (χ0v) is 12.5. The molecule has 3 N–H and O–H groups in total. The molecule has 1 fully saturated rings. The fourth-order valence-electron chi connectivity index (χ4n) is 2.24. The van der Waals surface area contributed by atoms with E-state index in [-0.39, 0.29) is 23.3 Å². The van der Waals surface area contributed by atoms with Crippen LogP contribution in [0.5, 0.6) is 0 Å². The third-order valence-electron chi connectivity index (χ3n) is 3.42. The van der Waals surface area contributed by atoms with Gasteiger partial charge in [0.1, 0.15) is 9.84 Å². The summed E-state index contributed by atoms with van der Waals surface area (Å²) in [5.41, 5.74) is 6.63. The topological polar surface area (TPSA) is 89.3 Å². The number of carbonyl (C=O) groups excluding carboxylic acids is 1. The molecule has 1 aromatic carbocycles. The van der Waals surface area contributed by atoms with Gasteiger partial charge in [-0.3, -0.25) is 4.79 Å². The second kappa shape index (κ2) is 6.01. The Morgan fingerprint density at radius 1 is 1.35 bits per heavy atom. The van der Waals surface area contributed by atoms with Crippen molar-refractivity contribution < 1.29 is 13.2 Å². The molecule has 1 heterocycles. The fraction of sp³-hybridized carbons (Fsp3) is 0.462. The molecule has 0 aromatic heterocycles. The van der Waals surface area contributed by atoms with Gasteiger partial charge in [-0.1, -0.05) is 11.6 Å². The molecule has 20 heavy (non-hydrogen) atoms. The lowest BCUT2D eigenvalue weighted by Gasteiger charge is -2.21. The number of hydrogen-bond donors (Lipinski definition) is 2. The van der Waals surface area contributed by atoms with Crippen LogP contribution in [0.4, 0.5) is 11.4 Å². The van der Waals surface area contributed by atoms with Crippen molar-refractivity contribution in [1.82, 2.24) is 0 Å². The van der Waals surface area contributed by atoms with Crippen molar-refractivity contribution in [2.75, 3.05) is 22.6 Å². The van der Waals surface area contributed by atoms with Crippen LogP contribution in [0.2, 0.25) is 5.02 Å². The van der Waals surface area contributed by atoms with E-state index in [0.29, 0.717) is 35.7 Å². The molecule has 0 spiro atoms. The van der Waals surface area contributed by atoms with Gasteiger partial charge in [-0.25, -0.2) is 8.42 Å². The van der Waals surface area contributed by atoms with Crippen LogP contribution >= 0.6 is 11.6 Å². The minimum Gasteiger partial charge on any atom is -0.399 e. The average Bonchev–Trinajstić information content (AvgIpc) is 2.35. The lowest BCUT2D eigenvalue weighted by Crippen LogP contribution is -2.26. The largest absolute Gasteiger partial charge is 0.399 e. The van der Waals surface area contributed by atoms with Gasteiger partial charge in [-0.05, 0) is 37.0 Å². The van der Waals surface area contributed by atoms with Crippen molar-refractivity contribution in [3.8, 4) is 0 Å². The van der Waals surface area contributed by atoms with Crippen LogP contribution in [0.25, 0.3) is 0 Å². The normalized spacial score (nSPS) is 18.6. The molecule has 5 nitrogen and oxygen atoms in total. The summed E-state index contributed by atoms with van der Waals surface area (Å²) in [5, 5.41) is 3.12. The molecule has 0 aliphatic carbocycles. The monoisotopic (exact) mass is 316 g/mol. The van der Waals surface area contributed by atoms with Crippen LogP contribution in [0, 0.1) is 5.92 Å². The van der Waals surface area contributed by atoms with Crippen LogP contribution in [-0.4, -0.2) is 25.8 Å². The maximum atomic E-state index is 11.9. The van der Waals surface area contributed by atoms with E-state index in [4.69, 9.17) is 17.3 Å². The predicted octanol–water partition coefficient (Wildman–Crippen LogP) is 2.08. The highest BCUT2D eigenvalue weighted by Gasteiger charge is 2.25. The number of halogens is 1. The Balaban J connectivity index is 1.90. The molecule has 0 saturated carbocycles. The molecule has 110 valence electrons. The highest BCUT2D eigenvalue weighted by atomic mass is 35.5. The molecule has 0 radical (unpaired) electrons. The molecular formula is C13H17ClN2O3S. The first-order chi connectivity index (χ1) is 9.35. The van der Waals surface area contributed by atoms with E-state index in [2.05, 4.69) is 5.32 Å². The number of rotatable bonds is 3. The number of amides is 1. The molecule has 2 rings (SSSR count). The molecule has 7 heteroatoms. The van der Waals surface area contributed by atoms with Gasteiger partial charge >= 0.3 is 0 Å².